The first kappa shape index (κ1) is 14.6. The van der Waals surface area contributed by atoms with Crippen LogP contribution in [0.5, 0.6) is 0 Å². The van der Waals surface area contributed by atoms with Crippen LogP contribution in [0.3, 0.4) is 0 Å². The summed E-state index contributed by atoms with van der Waals surface area (Å²) in [6.45, 7) is 6.42. The van der Waals surface area contributed by atoms with Crippen LogP contribution in [0.25, 0.3) is 0 Å². The summed E-state index contributed by atoms with van der Waals surface area (Å²) >= 11 is 0. The van der Waals surface area contributed by atoms with Gasteiger partial charge in [0.05, 0.1) is 0 Å². The van der Waals surface area contributed by atoms with Gasteiger partial charge in [-0.15, -0.1) is 0 Å². The van der Waals surface area contributed by atoms with Crippen LogP contribution in [0.4, 0.5) is 5.69 Å². The zero-order chi connectivity index (χ0) is 14.9. The molecule has 3 rings (SSSR count). The number of anilines is 1. The summed E-state index contributed by atoms with van der Waals surface area (Å²) < 4.78 is 0. The summed E-state index contributed by atoms with van der Waals surface area (Å²) in [5.41, 5.74) is 3.80. The smallest absolute Gasteiger partial charge is 0.228 e. The maximum Gasteiger partial charge on any atom is 0.228 e. The lowest BCUT2D eigenvalue weighted by Crippen LogP contribution is -2.37. The van der Waals surface area contributed by atoms with Crippen molar-refractivity contribution in [2.45, 2.75) is 52.5 Å². The van der Waals surface area contributed by atoms with Crippen molar-refractivity contribution >= 4 is 11.6 Å². The van der Waals surface area contributed by atoms with Crippen molar-refractivity contribution in [1.82, 2.24) is 5.32 Å². The van der Waals surface area contributed by atoms with E-state index in [1.165, 1.54) is 24.0 Å². The zero-order valence-electron chi connectivity index (χ0n) is 13.2. The molecular weight excluding hydrogens is 260 g/mol. The van der Waals surface area contributed by atoms with Gasteiger partial charge in [-0.2, -0.15) is 0 Å². The highest BCUT2D eigenvalue weighted by atomic mass is 16.1. The van der Waals surface area contributed by atoms with Crippen molar-refractivity contribution in [1.29, 1.82) is 0 Å². The third-order valence-electron chi connectivity index (χ3n) is 5.18. The fourth-order valence-corrected chi connectivity index (χ4v) is 3.77. The molecule has 21 heavy (non-hydrogen) atoms. The van der Waals surface area contributed by atoms with Gasteiger partial charge < -0.3 is 10.6 Å². The van der Waals surface area contributed by atoms with E-state index in [9.17, 15) is 4.79 Å². The number of fused-ring (bicyclic) bond motifs is 1. The number of nitrogens with one attached hydrogen (secondary N) is 2. The Bertz CT molecular complexity index is 536. The third kappa shape index (κ3) is 3.13. The highest BCUT2D eigenvalue weighted by Gasteiger charge is 2.37. The van der Waals surface area contributed by atoms with Gasteiger partial charge in [0.2, 0.25) is 5.91 Å². The number of rotatable bonds is 2. The number of hydrogen-bond acceptors (Lipinski definition) is 2. The van der Waals surface area contributed by atoms with E-state index in [2.05, 4.69) is 42.7 Å². The van der Waals surface area contributed by atoms with Crippen LogP contribution < -0.4 is 10.6 Å². The first-order valence-corrected chi connectivity index (χ1v) is 8.20. The predicted octanol–water partition coefficient (Wildman–Crippen LogP) is 3.49. The minimum atomic E-state index is 0.123. The third-order valence-corrected chi connectivity index (χ3v) is 5.18. The molecule has 1 atom stereocenters. The maximum atomic E-state index is 12.6. The van der Waals surface area contributed by atoms with Crippen LogP contribution in [0.1, 0.15) is 50.7 Å². The average molecular weight is 286 g/mol. The van der Waals surface area contributed by atoms with Crippen LogP contribution in [0.2, 0.25) is 0 Å². The molecule has 2 aliphatic rings. The number of amides is 1. The summed E-state index contributed by atoms with van der Waals surface area (Å²) in [5.74, 6) is 0.337. The molecule has 1 unspecified atom stereocenters. The Morgan fingerprint density at radius 3 is 2.95 bits per heavy atom. The van der Waals surface area contributed by atoms with Crippen molar-refractivity contribution < 1.29 is 4.79 Å². The van der Waals surface area contributed by atoms with Crippen LogP contribution in [-0.4, -0.2) is 12.5 Å². The van der Waals surface area contributed by atoms with Crippen LogP contribution in [0, 0.1) is 11.3 Å². The normalized spacial score (nSPS) is 24.2. The van der Waals surface area contributed by atoms with Crippen LogP contribution >= 0.6 is 0 Å². The van der Waals surface area contributed by atoms with Crippen molar-refractivity contribution in [3.05, 3.63) is 29.3 Å². The lowest BCUT2D eigenvalue weighted by Gasteiger charge is -2.37. The lowest BCUT2D eigenvalue weighted by atomic mass is 9.68. The zero-order valence-corrected chi connectivity index (χ0v) is 13.2. The Hall–Kier alpha value is -1.35. The molecule has 0 spiro atoms. The molecule has 1 aromatic rings. The number of carbonyl (C=O) groups excluding carboxylic acids is 1. The summed E-state index contributed by atoms with van der Waals surface area (Å²) in [6.07, 6.45) is 5.68. The van der Waals surface area contributed by atoms with Gasteiger partial charge >= 0.3 is 0 Å². The van der Waals surface area contributed by atoms with E-state index in [-0.39, 0.29) is 17.2 Å². The van der Waals surface area contributed by atoms with Gasteiger partial charge in [0.1, 0.15) is 0 Å². The van der Waals surface area contributed by atoms with E-state index in [0.717, 1.165) is 38.0 Å². The molecule has 114 valence electrons. The van der Waals surface area contributed by atoms with E-state index >= 15 is 0 Å². The largest absolute Gasteiger partial charge is 0.326 e. The Morgan fingerprint density at radius 2 is 2.14 bits per heavy atom. The average Bonchev–Trinajstić information content (AvgIpc) is 2.46. The fraction of sp³-hybridized carbons (Fsp3) is 0.611. The molecule has 1 aliphatic carbocycles. The van der Waals surface area contributed by atoms with Crippen LogP contribution in [-0.2, 0) is 17.8 Å². The molecule has 3 heteroatoms. The van der Waals surface area contributed by atoms with E-state index in [4.69, 9.17) is 0 Å². The van der Waals surface area contributed by atoms with Gasteiger partial charge in [0, 0.05) is 18.2 Å². The first-order chi connectivity index (χ1) is 10.1. The highest BCUT2D eigenvalue weighted by molar-refractivity contribution is 5.93. The molecule has 0 bridgehead atoms. The van der Waals surface area contributed by atoms with Crippen molar-refractivity contribution in [2.24, 2.45) is 11.3 Å². The molecule has 1 amide bonds. The van der Waals surface area contributed by atoms with Gasteiger partial charge in [-0.3, -0.25) is 4.79 Å². The van der Waals surface area contributed by atoms with Gasteiger partial charge in [-0.1, -0.05) is 32.8 Å². The molecule has 3 nitrogen and oxygen atoms in total. The molecule has 1 heterocycles. The molecule has 0 radical (unpaired) electrons. The minimum absolute atomic E-state index is 0.123. The second-order valence-electron chi connectivity index (χ2n) is 7.19. The van der Waals surface area contributed by atoms with Gasteiger partial charge in [-0.25, -0.2) is 0 Å². The molecule has 1 fully saturated rings. The second kappa shape index (κ2) is 5.80. The van der Waals surface area contributed by atoms with E-state index in [0.29, 0.717) is 0 Å². The Labute approximate surface area is 127 Å². The maximum absolute atomic E-state index is 12.6. The molecule has 1 aromatic carbocycles. The van der Waals surface area contributed by atoms with Gasteiger partial charge in [-0.05, 0) is 54.5 Å². The van der Waals surface area contributed by atoms with Crippen molar-refractivity contribution in [3.63, 3.8) is 0 Å². The van der Waals surface area contributed by atoms with Crippen molar-refractivity contribution in [2.75, 3.05) is 11.9 Å². The summed E-state index contributed by atoms with van der Waals surface area (Å²) in [5, 5.41) is 6.54. The fourth-order valence-electron chi connectivity index (χ4n) is 3.77. The SMILES string of the molecule is CC1(C)CCCCC1C(=O)Nc1ccc2c(c1)CNCC2. The lowest BCUT2D eigenvalue weighted by molar-refractivity contribution is -0.124. The quantitative estimate of drug-likeness (QED) is 0.874. The van der Waals surface area contributed by atoms with E-state index < -0.39 is 0 Å². The number of carbonyl (C=O) groups is 1. The molecular formula is C18H26N2O. The molecule has 1 saturated carbocycles. The standard InChI is InChI=1S/C18H26N2O/c1-18(2)9-4-3-5-16(18)17(21)20-15-7-6-13-8-10-19-12-14(13)11-15/h6-7,11,16,19H,3-5,8-10,12H2,1-2H3,(H,20,21). The highest BCUT2D eigenvalue weighted by Crippen LogP contribution is 2.41. The summed E-state index contributed by atoms with van der Waals surface area (Å²) in [7, 11) is 0. The van der Waals surface area contributed by atoms with Gasteiger partial charge in [0.15, 0.2) is 0 Å². The molecule has 0 saturated heterocycles. The predicted molar refractivity (Wildman–Crippen MR) is 86.2 cm³/mol. The van der Waals surface area contributed by atoms with E-state index in [1.54, 1.807) is 0 Å². The first-order valence-electron chi connectivity index (χ1n) is 8.20. The Balaban J connectivity index is 1.72. The number of hydrogen-bond donors (Lipinski definition) is 2. The number of benzene rings is 1. The van der Waals surface area contributed by atoms with Gasteiger partial charge in [0.25, 0.3) is 0 Å². The topological polar surface area (TPSA) is 41.1 Å². The summed E-state index contributed by atoms with van der Waals surface area (Å²) in [6, 6.07) is 6.35. The second-order valence-corrected chi connectivity index (χ2v) is 7.19. The molecule has 1 aliphatic heterocycles. The monoisotopic (exact) mass is 286 g/mol. The minimum Gasteiger partial charge on any atom is -0.326 e. The Kier molecular flexibility index (Phi) is 4.03. The molecule has 0 aromatic heterocycles. The Morgan fingerprint density at radius 1 is 1.29 bits per heavy atom. The van der Waals surface area contributed by atoms with Crippen LogP contribution in [0.15, 0.2) is 18.2 Å². The molecule has 2 N–H and O–H groups in total. The van der Waals surface area contributed by atoms with E-state index in [1.807, 2.05) is 0 Å². The summed E-state index contributed by atoms with van der Waals surface area (Å²) in [4.78, 5) is 12.6. The van der Waals surface area contributed by atoms with Crippen molar-refractivity contribution in [3.8, 4) is 0 Å².